The van der Waals surface area contributed by atoms with Crippen LogP contribution >= 0.6 is 51.2 Å². The number of hydrogen-bond donors (Lipinski definition) is 2. The molecule has 0 amide bonds. The second kappa shape index (κ2) is 11.7. The van der Waals surface area contributed by atoms with Gasteiger partial charge < -0.3 is 20.1 Å². The summed E-state index contributed by atoms with van der Waals surface area (Å²) in [4.78, 5) is 8.12. The van der Waals surface area contributed by atoms with Crippen LogP contribution in [0, 0.1) is 0 Å². The van der Waals surface area contributed by atoms with Crippen LogP contribution in [0.5, 0.6) is 11.5 Å². The monoisotopic (exact) mass is 553 g/mol. The topological polar surface area (TPSA) is 57.1 Å². The molecule has 0 spiro atoms. The number of thiophene rings is 1. The Bertz CT molecular complexity index is 724. The van der Waals surface area contributed by atoms with Crippen LogP contribution in [0.2, 0.25) is 0 Å². The van der Waals surface area contributed by atoms with Crippen molar-refractivity contribution in [1.82, 2.24) is 10.2 Å². The minimum atomic E-state index is 0. The van der Waals surface area contributed by atoms with Gasteiger partial charge in [-0.05, 0) is 59.1 Å². The lowest BCUT2D eigenvalue weighted by Crippen LogP contribution is -2.38. The van der Waals surface area contributed by atoms with Crippen molar-refractivity contribution < 1.29 is 9.84 Å². The SMILES string of the molecule is CCNC(=NCCc1ccc(O)c(OC)c1)N(C)Cc1ccc(Br)s1.I. The summed E-state index contributed by atoms with van der Waals surface area (Å²) in [7, 11) is 3.59. The van der Waals surface area contributed by atoms with Gasteiger partial charge in [-0.25, -0.2) is 0 Å². The number of nitrogens with one attached hydrogen (secondary N) is 1. The summed E-state index contributed by atoms with van der Waals surface area (Å²) in [6.07, 6.45) is 0.782. The molecule has 0 aliphatic heterocycles. The van der Waals surface area contributed by atoms with Gasteiger partial charge in [0.2, 0.25) is 0 Å². The van der Waals surface area contributed by atoms with Gasteiger partial charge in [0.25, 0.3) is 0 Å². The van der Waals surface area contributed by atoms with E-state index in [2.05, 4.69) is 45.2 Å². The molecule has 1 aromatic carbocycles. The fourth-order valence-corrected chi connectivity index (χ4v) is 3.92. The Kier molecular flexibility index (Phi) is 10.3. The van der Waals surface area contributed by atoms with Gasteiger partial charge in [-0.3, -0.25) is 4.99 Å². The summed E-state index contributed by atoms with van der Waals surface area (Å²) in [5.74, 6) is 1.54. The molecule has 0 unspecified atom stereocenters. The Labute approximate surface area is 184 Å². The molecule has 5 nitrogen and oxygen atoms in total. The van der Waals surface area contributed by atoms with Gasteiger partial charge in [-0.15, -0.1) is 35.3 Å². The quantitative estimate of drug-likeness (QED) is 0.301. The molecule has 8 heteroatoms. The molecule has 26 heavy (non-hydrogen) atoms. The molecule has 1 aromatic heterocycles. The average molecular weight is 554 g/mol. The summed E-state index contributed by atoms with van der Waals surface area (Å²) < 4.78 is 6.29. The van der Waals surface area contributed by atoms with Gasteiger partial charge in [0.15, 0.2) is 17.5 Å². The van der Waals surface area contributed by atoms with E-state index in [1.54, 1.807) is 24.5 Å². The summed E-state index contributed by atoms with van der Waals surface area (Å²) in [5.41, 5.74) is 1.08. The number of guanidine groups is 1. The molecule has 0 radical (unpaired) electrons. The molecule has 1 heterocycles. The van der Waals surface area contributed by atoms with E-state index in [9.17, 15) is 5.11 Å². The largest absolute Gasteiger partial charge is 0.504 e. The minimum Gasteiger partial charge on any atom is -0.504 e. The highest BCUT2D eigenvalue weighted by molar-refractivity contribution is 14.0. The first kappa shape index (κ1) is 23.0. The average Bonchev–Trinajstić information content (AvgIpc) is 3.00. The number of aliphatic imine (C=N–C) groups is 1. The molecular weight excluding hydrogens is 529 g/mol. The number of phenols is 1. The molecule has 0 aliphatic rings. The Morgan fingerprint density at radius 2 is 2.12 bits per heavy atom. The zero-order valence-corrected chi connectivity index (χ0v) is 19.9. The molecule has 2 aromatic rings. The van der Waals surface area contributed by atoms with Crippen LogP contribution in [0.25, 0.3) is 0 Å². The predicted molar refractivity (Wildman–Crippen MR) is 123 cm³/mol. The normalized spacial score (nSPS) is 11.0. The number of phenolic OH excluding ortho intramolecular Hbond substituents is 1. The van der Waals surface area contributed by atoms with Crippen molar-refractivity contribution in [2.75, 3.05) is 27.2 Å². The predicted octanol–water partition coefficient (Wildman–Crippen LogP) is 4.48. The highest BCUT2D eigenvalue weighted by Gasteiger charge is 2.08. The Balaban J connectivity index is 0.00000338. The molecule has 2 rings (SSSR count). The summed E-state index contributed by atoms with van der Waals surface area (Å²) in [6, 6.07) is 9.59. The Morgan fingerprint density at radius 3 is 2.73 bits per heavy atom. The van der Waals surface area contributed by atoms with E-state index < -0.39 is 0 Å². The molecule has 0 atom stereocenters. The molecule has 0 aliphatic carbocycles. The van der Waals surface area contributed by atoms with Crippen molar-refractivity contribution in [2.24, 2.45) is 4.99 Å². The van der Waals surface area contributed by atoms with Crippen molar-refractivity contribution in [3.05, 3.63) is 44.6 Å². The van der Waals surface area contributed by atoms with Gasteiger partial charge in [0, 0.05) is 25.0 Å². The zero-order valence-electron chi connectivity index (χ0n) is 15.2. The van der Waals surface area contributed by atoms with Crippen LogP contribution in [0.3, 0.4) is 0 Å². The maximum absolute atomic E-state index is 9.66. The third-order valence-corrected chi connectivity index (χ3v) is 5.23. The summed E-state index contributed by atoms with van der Waals surface area (Å²) in [5, 5.41) is 13.0. The fourth-order valence-electron chi connectivity index (χ4n) is 2.38. The Morgan fingerprint density at radius 1 is 1.35 bits per heavy atom. The van der Waals surface area contributed by atoms with Gasteiger partial charge in [0.1, 0.15) is 0 Å². The van der Waals surface area contributed by atoms with Crippen LogP contribution in [-0.4, -0.2) is 43.2 Å². The summed E-state index contributed by atoms with van der Waals surface area (Å²) >= 11 is 5.23. The third kappa shape index (κ3) is 6.96. The molecule has 0 saturated carbocycles. The number of halogens is 2. The van der Waals surface area contributed by atoms with E-state index in [0.717, 1.165) is 34.8 Å². The smallest absolute Gasteiger partial charge is 0.193 e. The van der Waals surface area contributed by atoms with Crippen LogP contribution in [-0.2, 0) is 13.0 Å². The molecular formula is C18H25BrIN3O2S. The van der Waals surface area contributed by atoms with Gasteiger partial charge in [0.05, 0.1) is 17.4 Å². The number of benzene rings is 1. The number of aromatic hydroxyl groups is 1. The minimum absolute atomic E-state index is 0. The fraction of sp³-hybridized carbons (Fsp3) is 0.389. The van der Waals surface area contributed by atoms with Crippen molar-refractivity contribution in [2.45, 2.75) is 19.9 Å². The lowest BCUT2D eigenvalue weighted by Gasteiger charge is -2.21. The molecule has 144 valence electrons. The second-order valence-electron chi connectivity index (χ2n) is 5.55. The molecule has 0 fully saturated rings. The third-order valence-electron chi connectivity index (χ3n) is 3.62. The van der Waals surface area contributed by atoms with Crippen LogP contribution in [0.1, 0.15) is 17.4 Å². The van der Waals surface area contributed by atoms with Gasteiger partial charge in [-0.1, -0.05) is 6.07 Å². The van der Waals surface area contributed by atoms with E-state index in [0.29, 0.717) is 12.3 Å². The number of methoxy groups -OCH3 is 1. The van der Waals surface area contributed by atoms with Gasteiger partial charge >= 0.3 is 0 Å². The Hall–Kier alpha value is -1.000. The second-order valence-corrected chi connectivity index (χ2v) is 8.10. The van der Waals surface area contributed by atoms with Crippen LogP contribution in [0.4, 0.5) is 0 Å². The first-order chi connectivity index (χ1) is 12.0. The highest BCUT2D eigenvalue weighted by Crippen LogP contribution is 2.26. The lowest BCUT2D eigenvalue weighted by molar-refractivity contribution is 0.373. The van der Waals surface area contributed by atoms with E-state index >= 15 is 0 Å². The number of nitrogens with zero attached hydrogens (tertiary/aromatic N) is 2. The highest BCUT2D eigenvalue weighted by atomic mass is 127. The first-order valence-electron chi connectivity index (χ1n) is 8.13. The number of ether oxygens (including phenoxy) is 1. The molecule has 2 N–H and O–H groups in total. The lowest BCUT2D eigenvalue weighted by atomic mass is 10.1. The van der Waals surface area contributed by atoms with E-state index in [1.807, 2.05) is 19.2 Å². The maximum atomic E-state index is 9.66. The van der Waals surface area contributed by atoms with Crippen molar-refractivity contribution in [3.63, 3.8) is 0 Å². The number of rotatable bonds is 7. The van der Waals surface area contributed by atoms with Crippen LogP contribution < -0.4 is 10.1 Å². The van der Waals surface area contributed by atoms with Crippen LogP contribution in [0.15, 0.2) is 39.1 Å². The number of hydrogen-bond acceptors (Lipinski definition) is 4. The van der Waals surface area contributed by atoms with Gasteiger partial charge in [-0.2, -0.15) is 0 Å². The standard InChI is InChI=1S/C18H24BrN3O2S.HI/c1-4-20-18(22(2)12-14-6-8-17(19)25-14)21-10-9-13-5-7-15(23)16(11-13)24-3;/h5-8,11,23H,4,9-10,12H2,1-3H3,(H,20,21);1H. The van der Waals surface area contributed by atoms with E-state index in [1.165, 1.54) is 4.88 Å². The zero-order chi connectivity index (χ0) is 18.2. The van der Waals surface area contributed by atoms with Crippen molar-refractivity contribution in [1.29, 1.82) is 0 Å². The van der Waals surface area contributed by atoms with Crippen molar-refractivity contribution in [3.8, 4) is 11.5 Å². The first-order valence-corrected chi connectivity index (χ1v) is 9.74. The maximum Gasteiger partial charge on any atom is 0.193 e. The molecule has 0 saturated heterocycles. The van der Waals surface area contributed by atoms with Crippen molar-refractivity contribution >= 4 is 57.2 Å². The molecule has 0 bridgehead atoms. The van der Waals surface area contributed by atoms with E-state index in [4.69, 9.17) is 9.73 Å². The summed E-state index contributed by atoms with van der Waals surface area (Å²) in [6.45, 7) is 4.37. The van der Waals surface area contributed by atoms with E-state index in [-0.39, 0.29) is 29.7 Å².